The SMILES string of the molecule is O=C(Cc1ccc(F)cc1)N1CC2(CN(Cc3ccccc3Cl)C2)C1. The Kier molecular flexibility index (Phi) is 4.26. The Morgan fingerprint density at radius 3 is 2.40 bits per heavy atom. The molecule has 0 saturated carbocycles. The maximum Gasteiger partial charge on any atom is 0.227 e. The molecule has 0 radical (unpaired) electrons. The highest BCUT2D eigenvalue weighted by Crippen LogP contribution is 2.40. The van der Waals surface area contributed by atoms with Crippen molar-refractivity contribution in [1.82, 2.24) is 9.80 Å². The fourth-order valence-electron chi connectivity index (χ4n) is 3.91. The molecule has 25 heavy (non-hydrogen) atoms. The third kappa shape index (κ3) is 3.42. The largest absolute Gasteiger partial charge is 0.341 e. The van der Waals surface area contributed by atoms with Gasteiger partial charge in [-0.3, -0.25) is 9.69 Å². The van der Waals surface area contributed by atoms with E-state index < -0.39 is 0 Å². The lowest BCUT2D eigenvalue weighted by Crippen LogP contribution is -2.72. The molecule has 4 rings (SSSR count). The highest BCUT2D eigenvalue weighted by atomic mass is 35.5. The van der Waals surface area contributed by atoms with Gasteiger partial charge in [0.15, 0.2) is 0 Å². The smallest absolute Gasteiger partial charge is 0.227 e. The first-order chi connectivity index (χ1) is 12.0. The van der Waals surface area contributed by atoms with Crippen LogP contribution >= 0.6 is 11.6 Å². The van der Waals surface area contributed by atoms with Gasteiger partial charge >= 0.3 is 0 Å². The van der Waals surface area contributed by atoms with Crippen molar-refractivity contribution in [2.24, 2.45) is 5.41 Å². The minimum Gasteiger partial charge on any atom is -0.341 e. The molecule has 2 fully saturated rings. The summed E-state index contributed by atoms with van der Waals surface area (Å²) in [5, 5.41) is 0.813. The molecule has 2 aromatic rings. The van der Waals surface area contributed by atoms with Gasteiger partial charge in [0.1, 0.15) is 5.82 Å². The maximum atomic E-state index is 12.9. The van der Waals surface area contributed by atoms with Crippen molar-refractivity contribution in [1.29, 1.82) is 0 Å². The quantitative estimate of drug-likeness (QED) is 0.836. The summed E-state index contributed by atoms with van der Waals surface area (Å²) in [5.74, 6) is -0.144. The highest BCUT2D eigenvalue weighted by Gasteiger charge is 2.52. The zero-order valence-electron chi connectivity index (χ0n) is 13.9. The van der Waals surface area contributed by atoms with E-state index in [0.29, 0.717) is 6.42 Å². The zero-order chi connectivity index (χ0) is 17.4. The van der Waals surface area contributed by atoms with Crippen LogP contribution in [0.3, 0.4) is 0 Å². The highest BCUT2D eigenvalue weighted by molar-refractivity contribution is 6.31. The molecule has 2 heterocycles. The van der Waals surface area contributed by atoms with Gasteiger partial charge in [-0.15, -0.1) is 0 Å². The van der Waals surface area contributed by atoms with E-state index in [1.165, 1.54) is 12.1 Å². The number of amides is 1. The molecule has 3 nitrogen and oxygen atoms in total. The van der Waals surface area contributed by atoms with Gasteiger partial charge in [0.2, 0.25) is 5.91 Å². The summed E-state index contributed by atoms with van der Waals surface area (Å²) in [4.78, 5) is 16.6. The summed E-state index contributed by atoms with van der Waals surface area (Å²) in [5.41, 5.74) is 2.28. The summed E-state index contributed by atoms with van der Waals surface area (Å²) in [6.07, 6.45) is 0.347. The van der Waals surface area contributed by atoms with Crippen LogP contribution in [-0.4, -0.2) is 41.9 Å². The Morgan fingerprint density at radius 1 is 1.04 bits per heavy atom. The maximum absolute atomic E-state index is 12.9. The predicted molar refractivity (Wildman–Crippen MR) is 95.8 cm³/mol. The minimum atomic E-state index is -0.271. The number of carbonyl (C=O) groups excluding carboxylic acids is 1. The number of halogens is 2. The fraction of sp³-hybridized carbons (Fsp3) is 0.350. The molecule has 2 aromatic carbocycles. The molecule has 0 bridgehead atoms. The van der Waals surface area contributed by atoms with Gasteiger partial charge in [0.05, 0.1) is 6.42 Å². The van der Waals surface area contributed by atoms with Gasteiger partial charge in [-0.2, -0.15) is 0 Å². The van der Waals surface area contributed by atoms with E-state index in [1.54, 1.807) is 12.1 Å². The molecular formula is C20H20ClFN2O. The average molecular weight is 359 g/mol. The number of hydrogen-bond acceptors (Lipinski definition) is 2. The molecule has 0 aromatic heterocycles. The molecule has 1 amide bonds. The lowest BCUT2D eigenvalue weighted by atomic mass is 9.72. The monoisotopic (exact) mass is 358 g/mol. The molecule has 0 atom stereocenters. The summed E-state index contributed by atoms with van der Waals surface area (Å²) in [6, 6.07) is 14.1. The van der Waals surface area contributed by atoms with Crippen molar-refractivity contribution in [3.05, 3.63) is 70.5 Å². The summed E-state index contributed by atoms with van der Waals surface area (Å²) in [6.45, 7) is 4.54. The van der Waals surface area contributed by atoms with Crippen molar-refractivity contribution in [2.75, 3.05) is 26.2 Å². The Bertz CT molecular complexity index is 779. The van der Waals surface area contributed by atoms with Crippen LogP contribution in [-0.2, 0) is 17.8 Å². The van der Waals surface area contributed by atoms with Crippen LogP contribution < -0.4 is 0 Å². The normalized spacial score (nSPS) is 18.7. The second kappa shape index (κ2) is 6.43. The number of hydrogen-bond donors (Lipinski definition) is 0. The minimum absolute atomic E-state index is 0.127. The summed E-state index contributed by atoms with van der Waals surface area (Å²) in [7, 11) is 0. The third-order valence-corrected chi connectivity index (χ3v) is 5.51. The van der Waals surface area contributed by atoms with E-state index in [2.05, 4.69) is 11.0 Å². The van der Waals surface area contributed by atoms with Gasteiger partial charge in [-0.05, 0) is 29.3 Å². The molecule has 0 aliphatic carbocycles. The van der Waals surface area contributed by atoms with Gasteiger partial charge in [0.25, 0.3) is 0 Å². The van der Waals surface area contributed by atoms with Crippen molar-refractivity contribution in [2.45, 2.75) is 13.0 Å². The van der Waals surface area contributed by atoms with Crippen LogP contribution in [0.4, 0.5) is 4.39 Å². The van der Waals surface area contributed by atoms with Crippen LogP contribution in [0.15, 0.2) is 48.5 Å². The van der Waals surface area contributed by atoms with E-state index in [0.717, 1.165) is 48.9 Å². The first kappa shape index (κ1) is 16.6. The fourth-order valence-corrected chi connectivity index (χ4v) is 4.11. The standard InChI is InChI=1S/C20H20ClFN2O/c21-18-4-2-1-3-16(18)10-23-11-20(12-23)13-24(14-20)19(25)9-15-5-7-17(22)8-6-15/h1-8H,9-14H2. The van der Waals surface area contributed by atoms with E-state index in [-0.39, 0.29) is 17.1 Å². The van der Waals surface area contributed by atoms with Crippen LogP contribution in [0.2, 0.25) is 5.02 Å². The molecule has 2 aliphatic rings. The van der Waals surface area contributed by atoms with Crippen LogP contribution in [0.1, 0.15) is 11.1 Å². The molecule has 5 heteroatoms. The molecule has 130 valence electrons. The second-order valence-electron chi connectivity index (χ2n) is 7.29. The molecule has 1 spiro atoms. The van der Waals surface area contributed by atoms with Crippen molar-refractivity contribution < 1.29 is 9.18 Å². The van der Waals surface area contributed by atoms with Crippen LogP contribution in [0, 0.1) is 11.2 Å². The number of carbonyl (C=O) groups is 1. The van der Waals surface area contributed by atoms with Gasteiger partial charge in [-0.1, -0.05) is 41.9 Å². The van der Waals surface area contributed by atoms with Gasteiger partial charge in [0, 0.05) is 43.2 Å². The molecule has 0 unspecified atom stereocenters. The van der Waals surface area contributed by atoms with Gasteiger partial charge < -0.3 is 4.90 Å². The van der Waals surface area contributed by atoms with Crippen LogP contribution in [0.5, 0.6) is 0 Å². The van der Waals surface area contributed by atoms with Crippen molar-refractivity contribution >= 4 is 17.5 Å². The summed E-state index contributed by atoms with van der Waals surface area (Å²) < 4.78 is 12.9. The first-order valence-electron chi connectivity index (χ1n) is 8.51. The molecule has 0 N–H and O–H groups in total. The van der Waals surface area contributed by atoms with E-state index in [1.807, 2.05) is 23.1 Å². The predicted octanol–water partition coefficient (Wildman–Crippen LogP) is 3.37. The van der Waals surface area contributed by atoms with E-state index in [4.69, 9.17) is 11.6 Å². The van der Waals surface area contributed by atoms with Crippen molar-refractivity contribution in [3.8, 4) is 0 Å². The lowest BCUT2D eigenvalue weighted by Gasteiger charge is -2.60. The summed E-state index contributed by atoms with van der Waals surface area (Å²) >= 11 is 6.22. The number of nitrogens with zero attached hydrogens (tertiary/aromatic N) is 2. The third-order valence-electron chi connectivity index (χ3n) is 5.14. The average Bonchev–Trinajstić information content (AvgIpc) is 2.52. The zero-order valence-corrected chi connectivity index (χ0v) is 14.7. The van der Waals surface area contributed by atoms with Crippen LogP contribution in [0.25, 0.3) is 0 Å². The lowest BCUT2D eigenvalue weighted by molar-refractivity contribution is -0.159. The van der Waals surface area contributed by atoms with Gasteiger partial charge in [-0.25, -0.2) is 4.39 Å². The first-order valence-corrected chi connectivity index (χ1v) is 8.89. The topological polar surface area (TPSA) is 23.6 Å². The second-order valence-corrected chi connectivity index (χ2v) is 7.70. The van der Waals surface area contributed by atoms with E-state index >= 15 is 0 Å². The Hall–Kier alpha value is -1.91. The van der Waals surface area contributed by atoms with E-state index in [9.17, 15) is 9.18 Å². The molecular weight excluding hydrogens is 339 g/mol. The number of likely N-dealkylation sites (tertiary alicyclic amines) is 2. The van der Waals surface area contributed by atoms with Crippen molar-refractivity contribution in [3.63, 3.8) is 0 Å². The number of rotatable bonds is 4. The Morgan fingerprint density at radius 2 is 1.72 bits per heavy atom. The molecule has 2 aliphatic heterocycles. The Labute approximate surface area is 152 Å². The molecule has 2 saturated heterocycles. The Balaban J connectivity index is 1.25. The number of benzene rings is 2.